The molecular formula is C22H30N2O4. The van der Waals surface area contributed by atoms with Crippen LogP contribution in [0.2, 0.25) is 0 Å². The largest absolute Gasteiger partial charge is 0.496 e. The Bertz CT molecular complexity index is 777. The topological polar surface area (TPSA) is 60.0 Å². The molecule has 6 heteroatoms. The van der Waals surface area contributed by atoms with E-state index in [1.807, 2.05) is 56.6 Å². The van der Waals surface area contributed by atoms with E-state index >= 15 is 0 Å². The molecule has 152 valence electrons. The molecule has 1 atom stereocenters. The highest BCUT2D eigenvalue weighted by Gasteiger charge is 2.19. The summed E-state index contributed by atoms with van der Waals surface area (Å²) >= 11 is 0. The van der Waals surface area contributed by atoms with Gasteiger partial charge in [0.15, 0.2) is 11.5 Å². The molecule has 0 spiro atoms. The number of rotatable bonds is 10. The van der Waals surface area contributed by atoms with Crippen molar-refractivity contribution < 1.29 is 19.0 Å². The summed E-state index contributed by atoms with van der Waals surface area (Å²) in [4.78, 5) is 14.5. The maximum absolute atomic E-state index is 12.5. The second kappa shape index (κ2) is 10.6. The van der Waals surface area contributed by atoms with Gasteiger partial charge in [-0.25, -0.2) is 0 Å². The molecule has 0 fully saturated rings. The lowest BCUT2D eigenvalue weighted by molar-refractivity contribution is -0.121. The van der Waals surface area contributed by atoms with Crippen LogP contribution in [0.5, 0.6) is 17.2 Å². The zero-order valence-electron chi connectivity index (χ0n) is 17.3. The Kier molecular flexibility index (Phi) is 8.14. The molecule has 0 saturated carbocycles. The number of benzene rings is 2. The molecule has 2 aromatic rings. The number of ether oxygens (including phenoxy) is 3. The van der Waals surface area contributed by atoms with Gasteiger partial charge in [-0.15, -0.1) is 0 Å². The summed E-state index contributed by atoms with van der Waals surface area (Å²) in [6, 6.07) is 13.6. The van der Waals surface area contributed by atoms with Gasteiger partial charge in [-0.1, -0.05) is 30.3 Å². The molecule has 1 amide bonds. The molecule has 0 saturated heterocycles. The highest BCUT2D eigenvalue weighted by Crippen LogP contribution is 2.31. The molecule has 0 radical (unpaired) electrons. The van der Waals surface area contributed by atoms with E-state index in [1.165, 1.54) is 0 Å². The highest BCUT2D eigenvalue weighted by molar-refractivity contribution is 5.76. The zero-order valence-corrected chi connectivity index (χ0v) is 17.3. The number of hydrogen-bond acceptors (Lipinski definition) is 5. The summed E-state index contributed by atoms with van der Waals surface area (Å²) < 4.78 is 16.2. The predicted octanol–water partition coefficient (Wildman–Crippen LogP) is 3.06. The first kappa shape index (κ1) is 21.6. The van der Waals surface area contributed by atoms with Crippen LogP contribution in [-0.4, -0.2) is 52.8 Å². The lowest BCUT2D eigenvalue weighted by Gasteiger charge is -2.26. The van der Waals surface area contributed by atoms with Crippen LogP contribution >= 0.6 is 0 Å². The molecule has 0 aliphatic carbocycles. The molecular weight excluding hydrogens is 356 g/mol. The monoisotopic (exact) mass is 386 g/mol. The molecule has 2 aromatic carbocycles. The Labute approximate surface area is 167 Å². The second-order valence-corrected chi connectivity index (χ2v) is 6.68. The molecule has 0 aliphatic heterocycles. The summed E-state index contributed by atoms with van der Waals surface area (Å²) in [6.45, 7) is 0.501. The number of amides is 1. The van der Waals surface area contributed by atoms with Crippen LogP contribution < -0.4 is 19.5 Å². The lowest BCUT2D eigenvalue weighted by atomic mass is 10.0. The van der Waals surface area contributed by atoms with Crippen molar-refractivity contribution in [2.75, 3.05) is 42.0 Å². The van der Waals surface area contributed by atoms with E-state index in [2.05, 4.69) is 10.2 Å². The summed E-state index contributed by atoms with van der Waals surface area (Å²) in [5.41, 5.74) is 2.00. The number of nitrogens with zero attached hydrogens (tertiary/aromatic N) is 1. The van der Waals surface area contributed by atoms with Gasteiger partial charge in [0.05, 0.1) is 27.4 Å². The minimum absolute atomic E-state index is 0.00776. The predicted molar refractivity (Wildman–Crippen MR) is 110 cm³/mol. The standard InChI is InChI=1S/C22H30N2O4/c1-24(2)18(17-10-6-7-11-19(17)26-3)15-23-21(25)14-13-16-9-8-12-20(27-4)22(16)28-5/h6-12,18H,13-15H2,1-5H3,(H,23,25). The molecule has 0 heterocycles. The molecule has 1 unspecified atom stereocenters. The van der Waals surface area contributed by atoms with E-state index in [-0.39, 0.29) is 11.9 Å². The molecule has 1 N–H and O–H groups in total. The number of nitrogens with one attached hydrogen (secondary N) is 1. The van der Waals surface area contributed by atoms with Gasteiger partial charge in [0.1, 0.15) is 5.75 Å². The fourth-order valence-electron chi connectivity index (χ4n) is 3.21. The first-order chi connectivity index (χ1) is 13.5. The second-order valence-electron chi connectivity index (χ2n) is 6.68. The number of para-hydroxylation sites is 2. The van der Waals surface area contributed by atoms with E-state index in [1.54, 1.807) is 21.3 Å². The Hall–Kier alpha value is -2.73. The van der Waals surface area contributed by atoms with Crippen LogP contribution in [0.1, 0.15) is 23.6 Å². The van der Waals surface area contributed by atoms with Crippen molar-refractivity contribution in [3.05, 3.63) is 53.6 Å². The third kappa shape index (κ3) is 5.39. The molecule has 2 rings (SSSR count). The normalized spacial score (nSPS) is 11.8. The Balaban J connectivity index is 1.99. The van der Waals surface area contributed by atoms with Crippen molar-refractivity contribution in [3.8, 4) is 17.2 Å². The summed E-state index contributed by atoms with van der Waals surface area (Å²) in [5, 5.41) is 3.04. The Morgan fingerprint density at radius 2 is 1.64 bits per heavy atom. The van der Waals surface area contributed by atoms with Crippen molar-refractivity contribution in [1.82, 2.24) is 10.2 Å². The van der Waals surface area contributed by atoms with Gasteiger partial charge in [-0.05, 0) is 38.2 Å². The average Bonchev–Trinajstić information content (AvgIpc) is 2.71. The minimum Gasteiger partial charge on any atom is -0.496 e. The number of likely N-dealkylation sites (N-methyl/N-ethyl adjacent to an activating group) is 1. The van der Waals surface area contributed by atoms with Crippen LogP contribution in [0.25, 0.3) is 0 Å². The molecule has 0 bridgehead atoms. The van der Waals surface area contributed by atoms with E-state index in [0.29, 0.717) is 30.9 Å². The molecule has 6 nitrogen and oxygen atoms in total. The van der Waals surface area contributed by atoms with Crippen molar-refractivity contribution in [2.45, 2.75) is 18.9 Å². The van der Waals surface area contributed by atoms with Crippen molar-refractivity contribution in [3.63, 3.8) is 0 Å². The third-order valence-corrected chi connectivity index (χ3v) is 4.72. The number of methoxy groups -OCH3 is 3. The third-order valence-electron chi connectivity index (χ3n) is 4.72. The van der Waals surface area contributed by atoms with Crippen LogP contribution in [0.3, 0.4) is 0 Å². The number of aryl methyl sites for hydroxylation is 1. The average molecular weight is 386 g/mol. The van der Waals surface area contributed by atoms with Gasteiger partial charge in [-0.3, -0.25) is 4.79 Å². The summed E-state index contributed by atoms with van der Waals surface area (Å²) in [6.07, 6.45) is 0.948. The van der Waals surface area contributed by atoms with Crippen LogP contribution in [-0.2, 0) is 11.2 Å². The van der Waals surface area contributed by atoms with Gasteiger partial charge >= 0.3 is 0 Å². The number of carbonyl (C=O) groups is 1. The Morgan fingerprint density at radius 3 is 2.29 bits per heavy atom. The summed E-state index contributed by atoms with van der Waals surface area (Å²) in [7, 11) is 8.85. The van der Waals surface area contributed by atoms with Crippen LogP contribution in [0, 0.1) is 0 Å². The Morgan fingerprint density at radius 1 is 0.964 bits per heavy atom. The fraction of sp³-hybridized carbons (Fsp3) is 0.409. The molecule has 0 aromatic heterocycles. The smallest absolute Gasteiger partial charge is 0.220 e. The van der Waals surface area contributed by atoms with Crippen molar-refractivity contribution in [1.29, 1.82) is 0 Å². The van der Waals surface area contributed by atoms with Crippen molar-refractivity contribution in [2.24, 2.45) is 0 Å². The van der Waals surface area contributed by atoms with E-state index in [9.17, 15) is 4.79 Å². The van der Waals surface area contributed by atoms with E-state index in [0.717, 1.165) is 16.9 Å². The van der Waals surface area contributed by atoms with Crippen molar-refractivity contribution >= 4 is 5.91 Å². The van der Waals surface area contributed by atoms with Gasteiger partial charge in [0, 0.05) is 18.5 Å². The zero-order chi connectivity index (χ0) is 20.5. The van der Waals surface area contributed by atoms with E-state index in [4.69, 9.17) is 14.2 Å². The van der Waals surface area contributed by atoms with Gasteiger partial charge < -0.3 is 24.4 Å². The molecule has 28 heavy (non-hydrogen) atoms. The number of carbonyl (C=O) groups excluding carboxylic acids is 1. The SMILES string of the molecule is COc1ccccc1C(CNC(=O)CCc1cccc(OC)c1OC)N(C)C. The van der Waals surface area contributed by atoms with E-state index < -0.39 is 0 Å². The summed E-state index contributed by atoms with van der Waals surface area (Å²) in [5.74, 6) is 2.16. The lowest BCUT2D eigenvalue weighted by Crippen LogP contribution is -2.34. The number of hydrogen-bond donors (Lipinski definition) is 1. The maximum atomic E-state index is 12.5. The first-order valence-corrected chi connectivity index (χ1v) is 9.27. The molecule has 0 aliphatic rings. The van der Waals surface area contributed by atoms with Gasteiger partial charge in [0.25, 0.3) is 0 Å². The van der Waals surface area contributed by atoms with Crippen LogP contribution in [0.15, 0.2) is 42.5 Å². The quantitative estimate of drug-likeness (QED) is 0.680. The van der Waals surface area contributed by atoms with Gasteiger partial charge in [0.2, 0.25) is 5.91 Å². The maximum Gasteiger partial charge on any atom is 0.220 e. The minimum atomic E-state index is -0.00776. The highest BCUT2D eigenvalue weighted by atomic mass is 16.5. The first-order valence-electron chi connectivity index (χ1n) is 9.27. The van der Waals surface area contributed by atoms with Crippen LogP contribution in [0.4, 0.5) is 0 Å². The fourth-order valence-corrected chi connectivity index (χ4v) is 3.21. The van der Waals surface area contributed by atoms with Gasteiger partial charge in [-0.2, -0.15) is 0 Å².